The Morgan fingerprint density at radius 3 is 2.45 bits per heavy atom. The fraction of sp³-hybridized carbons (Fsp3) is 0.333. The van der Waals surface area contributed by atoms with E-state index in [0.717, 1.165) is 6.08 Å². The van der Waals surface area contributed by atoms with E-state index < -0.39 is 11.7 Å². The molecule has 0 aliphatic rings. The SMILES string of the molecule is C=C[C@@H](C)C/C(F)=C\C(=C)F. The van der Waals surface area contributed by atoms with Gasteiger partial charge in [-0.1, -0.05) is 19.6 Å². The molecule has 0 radical (unpaired) electrons. The molecule has 0 aliphatic carbocycles. The molecule has 0 aliphatic heterocycles. The Balaban J connectivity index is 3.95. The van der Waals surface area contributed by atoms with E-state index in [0.29, 0.717) is 0 Å². The maximum Gasteiger partial charge on any atom is 0.118 e. The minimum Gasteiger partial charge on any atom is -0.212 e. The maximum atomic E-state index is 12.6. The van der Waals surface area contributed by atoms with Crippen molar-refractivity contribution in [3.05, 3.63) is 37.0 Å². The Morgan fingerprint density at radius 1 is 1.55 bits per heavy atom. The van der Waals surface area contributed by atoms with Gasteiger partial charge in [0.15, 0.2) is 0 Å². The molecule has 0 aromatic heterocycles. The summed E-state index contributed by atoms with van der Waals surface area (Å²) in [6, 6.07) is 0. The first kappa shape index (κ1) is 10.1. The largest absolute Gasteiger partial charge is 0.212 e. The van der Waals surface area contributed by atoms with Crippen LogP contribution in [0, 0.1) is 5.92 Å². The smallest absolute Gasteiger partial charge is 0.118 e. The molecule has 0 nitrogen and oxygen atoms in total. The van der Waals surface area contributed by atoms with Crippen molar-refractivity contribution in [2.75, 3.05) is 0 Å². The van der Waals surface area contributed by atoms with E-state index in [9.17, 15) is 8.78 Å². The van der Waals surface area contributed by atoms with Crippen LogP contribution in [0.3, 0.4) is 0 Å². The van der Waals surface area contributed by atoms with Crippen LogP contribution in [0.25, 0.3) is 0 Å². The fourth-order valence-corrected chi connectivity index (χ4v) is 0.620. The molecule has 1 atom stereocenters. The third kappa shape index (κ3) is 5.52. The van der Waals surface area contributed by atoms with Gasteiger partial charge in [-0.25, -0.2) is 8.78 Å². The summed E-state index contributed by atoms with van der Waals surface area (Å²) in [5.74, 6) is -1.21. The standard InChI is InChI=1S/C9H12F2/c1-4-7(2)5-9(11)6-8(3)10/h4,6-7H,1,3,5H2,2H3/b9-6+/t7-/m1/s1. The van der Waals surface area contributed by atoms with Crippen LogP contribution in [0.5, 0.6) is 0 Å². The lowest BCUT2D eigenvalue weighted by Gasteiger charge is -2.01. The van der Waals surface area contributed by atoms with Crippen molar-refractivity contribution in [2.45, 2.75) is 13.3 Å². The summed E-state index contributed by atoms with van der Waals surface area (Å²) < 4.78 is 24.6. The highest BCUT2D eigenvalue weighted by Gasteiger charge is 2.01. The molecule has 0 saturated heterocycles. The third-order valence-corrected chi connectivity index (χ3v) is 1.23. The molecule has 62 valence electrons. The maximum absolute atomic E-state index is 12.6. The molecule has 0 N–H and O–H groups in total. The van der Waals surface area contributed by atoms with Crippen LogP contribution in [0.4, 0.5) is 8.78 Å². The first-order chi connectivity index (χ1) is 5.06. The quantitative estimate of drug-likeness (QED) is 0.433. The number of hydrogen-bond acceptors (Lipinski definition) is 0. The Hall–Kier alpha value is -0.920. The minimum atomic E-state index is -0.751. The van der Waals surface area contributed by atoms with E-state index in [1.807, 2.05) is 0 Å². The summed E-state index contributed by atoms with van der Waals surface area (Å²) in [6.45, 7) is 8.21. The molecule has 0 amide bonds. The zero-order valence-corrected chi connectivity index (χ0v) is 6.61. The predicted molar refractivity (Wildman–Crippen MR) is 43.4 cm³/mol. The number of halogens is 2. The molecule has 0 aromatic carbocycles. The van der Waals surface area contributed by atoms with Gasteiger partial charge in [-0.2, -0.15) is 0 Å². The van der Waals surface area contributed by atoms with Gasteiger partial charge in [0, 0.05) is 12.5 Å². The van der Waals surface area contributed by atoms with Gasteiger partial charge < -0.3 is 0 Å². The van der Waals surface area contributed by atoms with Crippen molar-refractivity contribution in [1.29, 1.82) is 0 Å². The fourth-order valence-electron chi connectivity index (χ4n) is 0.620. The molecule has 0 aromatic rings. The molecular weight excluding hydrogens is 146 g/mol. The molecule has 0 bridgehead atoms. The highest BCUT2D eigenvalue weighted by molar-refractivity contribution is 5.11. The lowest BCUT2D eigenvalue weighted by molar-refractivity contribution is 0.535. The second kappa shape index (κ2) is 4.83. The van der Waals surface area contributed by atoms with Gasteiger partial charge in [0.25, 0.3) is 0 Å². The monoisotopic (exact) mass is 158 g/mol. The lowest BCUT2D eigenvalue weighted by atomic mass is 10.1. The van der Waals surface area contributed by atoms with Crippen molar-refractivity contribution in [3.8, 4) is 0 Å². The van der Waals surface area contributed by atoms with Crippen LogP contribution < -0.4 is 0 Å². The van der Waals surface area contributed by atoms with Crippen molar-refractivity contribution >= 4 is 0 Å². The normalized spacial score (nSPS) is 14.3. The molecule has 11 heavy (non-hydrogen) atoms. The van der Waals surface area contributed by atoms with E-state index in [-0.39, 0.29) is 12.3 Å². The van der Waals surface area contributed by atoms with Crippen LogP contribution in [0.1, 0.15) is 13.3 Å². The third-order valence-electron chi connectivity index (χ3n) is 1.23. The van der Waals surface area contributed by atoms with Crippen LogP contribution in [0.15, 0.2) is 37.0 Å². The molecule has 0 saturated carbocycles. The second-order valence-corrected chi connectivity index (χ2v) is 2.46. The van der Waals surface area contributed by atoms with E-state index >= 15 is 0 Å². The van der Waals surface area contributed by atoms with Gasteiger partial charge in [-0.05, 0) is 5.92 Å². The molecule has 0 fully saturated rings. The molecule has 0 unspecified atom stereocenters. The van der Waals surface area contributed by atoms with Crippen LogP contribution in [-0.2, 0) is 0 Å². The van der Waals surface area contributed by atoms with Gasteiger partial charge >= 0.3 is 0 Å². The predicted octanol–water partition coefficient (Wildman–Crippen LogP) is 3.54. The molecule has 0 heterocycles. The van der Waals surface area contributed by atoms with Gasteiger partial charge in [0.1, 0.15) is 11.7 Å². The Morgan fingerprint density at radius 2 is 2.09 bits per heavy atom. The van der Waals surface area contributed by atoms with Crippen molar-refractivity contribution < 1.29 is 8.78 Å². The van der Waals surface area contributed by atoms with Crippen LogP contribution in [-0.4, -0.2) is 0 Å². The minimum absolute atomic E-state index is 0.0330. The second-order valence-electron chi connectivity index (χ2n) is 2.46. The summed E-state index contributed by atoms with van der Waals surface area (Å²) >= 11 is 0. The average molecular weight is 158 g/mol. The Kier molecular flexibility index (Phi) is 4.42. The molecule has 0 rings (SSSR count). The van der Waals surface area contributed by atoms with Crippen molar-refractivity contribution in [2.24, 2.45) is 5.92 Å². The highest BCUT2D eigenvalue weighted by atomic mass is 19.1. The number of rotatable bonds is 4. The highest BCUT2D eigenvalue weighted by Crippen LogP contribution is 2.14. The number of allylic oxidation sites excluding steroid dienone is 4. The summed E-state index contributed by atoms with van der Waals surface area (Å²) in [5.41, 5.74) is 0. The summed E-state index contributed by atoms with van der Waals surface area (Å²) in [6.07, 6.45) is 2.60. The van der Waals surface area contributed by atoms with Crippen molar-refractivity contribution in [3.63, 3.8) is 0 Å². The van der Waals surface area contributed by atoms with Gasteiger partial charge in [0.05, 0.1) is 0 Å². The zero-order chi connectivity index (χ0) is 8.85. The summed E-state index contributed by atoms with van der Waals surface area (Å²) in [7, 11) is 0. The van der Waals surface area contributed by atoms with Gasteiger partial charge in [0.2, 0.25) is 0 Å². The summed E-state index contributed by atoms with van der Waals surface area (Å²) in [4.78, 5) is 0. The topological polar surface area (TPSA) is 0 Å². The zero-order valence-electron chi connectivity index (χ0n) is 6.61. The Labute approximate surface area is 65.9 Å². The van der Waals surface area contributed by atoms with E-state index in [4.69, 9.17) is 0 Å². The number of hydrogen-bond donors (Lipinski definition) is 0. The van der Waals surface area contributed by atoms with Gasteiger partial charge in [-0.3, -0.25) is 0 Å². The first-order valence-electron chi connectivity index (χ1n) is 3.39. The van der Waals surface area contributed by atoms with E-state index in [2.05, 4.69) is 13.2 Å². The lowest BCUT2D eigenvalue weighted by Crippen LogP contribution is -1.88. The molecule has 2 heteroatoms. The Bertz CT molecular complexity index is 180. The van der Waals surface area contributed by atoms with Crippen LogP contribution in [0.2, 0.25) is 0 Å². The molecule has 0 spiro atoms. The van der Waals surface area contributed by atoms with Crippen molar-refractivity contribution in [1.82, 2.24) is 0 Å². The van der Waals surface area contributed by atoms with E-state index in [1.165, 1.54) is 0 Å². The van der Waals surface area contributed by atoms with Crippen LogP contribution >= 0.6 is 0 Å². The summed E-state index contributed by atoms with van der Waals surface area (Å²) in [5, 5.41) is 0. The first-order valence-corrected chi connectivity index (χ1v) is 3.39. The molecular formula is C9H12F2. The van der Waals surface area contributed by atoms with E-state index in [1.54, 1.807) is 13.0 Å². The average Bonchev–Trinajstić information content (AvgIpc) is 1.85. The van der Waals surface area contributed by atoms with Gasteiger partial charge in [-0.15, -0.1) is 6.58 Å².